The van der Waals surface area contributed by atoms with Crippen LogP contribution in [0.25, 0.3) is 22.2 Å². The Morgan fingerprint density at radius 3 is 2.75 bits per heavy atom. The molecule has 4 rings (SSSR count). The van der Waals surface area contributed by atoms with E-state index in [0.29, 0.717) is 23.4 Å². The molecule has 1 aliphatic rings. The van der Waals surface area contributed by atoms with Crippen molar-refractivity contribution in [3.05, 3.63) is 58.9 Å². The highest BCUT2D eigenvalue weighted by Gasteiger charge is 2.16. The summed E-state index contributed by atoms with van der Waals surface area (Å²) in [6.07, 6.45) is 4.92. The summed E-state index contributed by atoms with van der Waals surface area (Å²) in [5.41, 5.74) is 2.60. The van der Waals surface area contributed by atoms with Gasteiger partial charge >= 0.3 is 0 Å². The van der Waals surface area contributed by atoms with Gasteiger partial charge in [0.25, 0.3) is 0 Å². The van der Waals surface area contributed by atoms with Gasteiger partial charge < -0.3 is 20.1 Å². The minimum absolute atomic E-state index is 0.00741. The molecule has 0 unspecified atom stereocenters. The number of aromatic nitrogens is 1. The number of hydrogen-bond acceptors (Lipinski definition) is 5. The fraction of sp³-hybridized carbons (Fsp3) is 0.429. The molecule has 0 aliphatic carbocycles. The Balaban J connectivity index is 1.55. The van der Waals surface area contributed by atoms with Crippen LogP contribution in [0.15, 0.2) is 42.5 Å². The van der Waals surface area contributed by atoms with E-state index in [1.165, 1.54) is 44.5 Å². The van der Waals surface area contributed by atoms with Crippen molar-refractivity contribution in [2.45, 2.75) is 45.1 Å². The van der Waals surface area contributed by atoms with Gasteiger partial charge in [0.05, 0.1) is 35.9 Å². The highest BCUT2D eigenvalue weighted by Crippen LogP contribution is 2.30. The zero-order chi connectivity index (χ0) is 25.5. The Kier molecular flexibility index (Phi) is 9.13. The van der Waals surface area contributed by atoms with Crippen LogP contribution in [0.3, 0.4) is 0 Å². The van der Waals surface area contributed by atoms with E-state index in [0.717, 1.165) is 29.6 Å². The van der Waals surface area contributed by atoms with Crippen LogP contribution in [0, 0.1) is 5.82 Å². The van der Waals surface area contributed by atoms with E-state index in [-0.39, 0.29) is 30.0 Å². The fourth-order valence-corrected chi connectivity index (χ4v) is 4.70. The Bertz CT molecular complexity index is 1200. The Hall–Kier alpha value is -2.74. The summed E-state index contributed by atoms with van der Waals surface area (Å²) < 4.78 is 19.8. The molecule has 0 radical (unpaired) electrons. The van der Waals surface area contributed by atoms with E-state index in [1.54, 1.807) is 13.0 Å². The van der Waals surface area contributed by atoms with Gasteiger partial charge in [-0.25, -0.2) is 9.37 Å². The first kappa shape index (κ1) is 26.3. The number of fused-ring (bicyclic) bond motifs is 1. The molecule has 0 bridgehead atoms. The van der Waals surface area contributed by atoms with Gasteiger partial charge in [0.15, 0.2) is 0 Å². The van der Waals surface area contributed by atoms with Gasteiger partial charge in [-0.05, 0) is 87.3 Å². The maximum absolute atomic E-state index is 13.8. The van der Waals surface area contributed by atoms with E-state index in [2.05, 4.69) is 10.2 Å². The van der Waals surface area contributed by atoms with E-state index in [1.807, 2.05) is 24.3 Å². The molecular formula is C28H33ClFN3O3. The number of carbonyl (C=O) groups excluding carboxylic acids is 1. The molecule has 0 spiro atoms. The van der Waals surface area contributed by atoms with Gasteiger partial charge in [0.2, 0.25) is 5.91 Å². The second kappa shape index (κ2) is 12.5. The minimum atomic E-state index is -0.514. The summed E-state index contributed by atoms with van der Waals surface area (Å²) in [5.74, 6) is 0.00134. The summed E-state index contributed by atoms with van der Waals surface area (Å²) in [7, 11) is 0. The number of benzene rings is 2. The molecule has 1 fully saturated rings. The first-order valence-corrected chi connectivity index (χ1v) is 12.9. The number of aliphatic hydroxyl groups is 1. The van der Waals surface area contributed by atoms with E-state index in [9.17, 15) is 14.3 Å². The van der Waals surface area contributed by atoms with Crippen LogP contribution >= 0.6 is 11.6 Å². The predicted molar refractivity (Wildman–Crippen MR) is 141 cm³/mol. The zero-order valence-corrected chi connectivity index (χ0v) is 21.4. The summed E-state index contributed by atoms with van der Waals surface area (Å²) >= 11 is 6.03. The smallest absolute Gasteiger partial charge is 0.224 e. The highest BCUT2D eigenvalue weighted by atomic mass is 35.5. The molecule has 3 aromatic rings. The normalized spacial score (nSPS) is 15.1. The number of aliphatic hydroxyl groups excluding tert-OH is 1. The van der Waals surface area contributed by atoms with Gasteiger partial charge in [-0.1, -0.05) is 18.0 Å². The quantitative estimate of drug-likeness (QED) is 0.374. The molecule has 2 aromatic carbocycles. The number of carbonyl (C=O) groups is 1. The number of hydrogen-bond donors (Lipinski definition) is 2. The number of ether oxygens (including phenoxy) is 1. The second-order valence-electron chi connectivity index (χ2n) is 9.41. The van der Waals surface area contributed by atoms with E-state index in [4.69, 9.17) is 21.3 Å². The maximum atomic E-state index is 13.8. The number of piperidine rings is 1. The van der Waals surface area contributed by atoms with Gasteiger partial charge in [0.1, 0.15) is 11.6 Å². The van der Waals surface area contributed by atoms with E-state index < -0.39 is 5.82 Å². The molecule has 2 N–H and O–H groups in total. The van der Waals surface area contributed by atoms with Crippen molar-refractivity contribution in [2.24, 2.45) is 0 Å². The Morgan fingerprint density at radius 2 is 2.00 bits per heavy atom. The largest absolute Gasteiger partial charge is 0.494 e. The van der Waals surface area contributed by atoms with Gasteiger partial charge in [-0.2, -0.15) is 0 Å². The molecule has 0 saturated carbocycles. The first-order chi connectivity index (χ1) is 17.4. The van der Waals surface area contributed by atoms with Crippen LogP contribution in [0.4, 0.5) is 4.39 Å². The molecule has 2 heterocycles. The zero-order valence-electron chi connectivity index (χ0n) is 20.6. The molecule has 1 aliphatic heterocycles. The molecular weight excluding hydrogens is 481 g/mol. The average Bonchev–Trinajstić information content (AvgIpc) is 2.88. The minimum Gasteiger partial charge on any atom is -0.494 e. The summed E-state index contributed by atoms with van der Waals surface area (Å²) in [6.45, 7) is 5.61. The van der Waals surface area contributed by atoms with Crippen LogP contribution in [-0.4, -0.2) is 59.8 Å². The number of rotatable bonds is 10. The molecule has 6 nitrogen and oxygen atoms in total. The Morgan fingerprint density at radius 1 is 1.19 bits per heavy atom. The summed E-state index contributed by atoms with van der Waals surface area (Å²) in [4.78, 5) is 19.9. The number of pyridine rings is 1. The molecule has 8 heteroatoms. The van der Waals surface area contributed by atoms with Gasteiger partial charge in [0, 0.05) is 23.5 Å². The lowest BCUT2D eigenvalue weighted by atomic mass is 10.00. The van der Waals surface area contributed by atoms with Crippen LogP contribution in [0.1, 0.15) is 38.2 Å². The number of likely N-dealkylation sites (tertiary alicyclic amines) is 1. The Labute approximate surface area is 216 Å². The van der Waals surface area contributed by atoms with Crippen molar-refractivity contribution in [3.63, 3.8) is 0 Å². The lowest BCUT2D eigenvalue weighted by Crippen LogP contribution is -2.36. The van der Waals surface area contributed by atoms with Crippen molar-refractivity contribution in [3.8, 4) is 17.0 Å². The monoisotopic (exact) mass is 513 g/mol. The standard InChI is InChI=1S/C28H33ClFN3O3/c1-19(18-34)31-27(35)17-22-14-21-15-23(36-13-5-12-33-10-3-2-4-11-33)7-9-26(21)32-28(22)20-6-8-25(30)24(29)16-20/h6-9,14-16,19,34H,2-5,10-13,17-18H2,1H3,(H,31,35)/t19-/m1/s1. The second-order valence-corrected chi connectivity index (χ2v) is 9.82. The molecule has 1 aromatic heterocycles. The van der Waals surface area contributed by atoms with Crippen molar-refractivity contribution >= 4 is 28.4 Å². The lowest BCUT2D eigenvalue weighted by molar-refractivity contribution is -0.121. The number of nitrogens with zero attached hydrogens (tertiary/aromatic N) is 2. The maximum Gasteiger partial charge on any atom is 0.224 e. The van der Waals surface area contributed by atoms with Gasteiger partial charge in [-0.3, -0.25) is 4.79 Å². The van der Waals surface area contributed by atoms with Crippen molar-refractivity contribution in [1.82, 2.24) is 15.2 Å². The number of halogens is 2. The van der Waals surface area contributed by atoms with Crippen LogP contribution in [-0.2, 0) is 11.2 Å². The SMILES string of the molecule is C[C@H](CO)NC(=O)Cc1cc2cc(OCCCN3CCCCC3)ccc2nc1-c1ccc(F)c(Cl)c1. The average molecular weight is 514 g/mol. The predicted octanol–water partition coefficient (Wildman–Crippen LogP) is 4.99. The molecule has 1 amide bonds. The third-order valence-electron chi connectivity index (χ3n) is 6.43. The lowest BCUT2D eigenvalue weighted by Gasteiger charge is -2.26. The molecule has 1 atom stereocenters. The molecule has 1 saturated heterocycles. The van der Waals surface area contributed by atoms with Crippen molar-refractivity contribution in [2.75, 3.05) is 32.8 Å². The number of nitrogens with one attached hydrogen (secondary N) is 1. The van der Waals surface area contributed by atoms with Crippen LogP contribution < -0.4 is 10.1 Å². The third-order valence-corrected chi connectivity index (χ3v) is 6.72. The first-order valence-electron chi connectivity index (χ1n) is 12.6. The van der Waals surface area contributed by atoms with Crippen LogP contribution in [0.5, 0.6) is 5.75 Å². The van der Waals surface area contributed by atoms with Crippen molar-refractivity contribution < 1.29 is 19.0 Å². The van der Waals surface area contributed by atoms with Crippen LogP contribution in [0.2, 0.25) is 5.02 Å². The van der Waals surface area contributed by atoms with Gasteiger partial charge in [-0.15, -0.1) is 0 Å². The highest BCUT2D eigenvalue weighted by molar-refractivity contribution is 6.31. The fourth-order valence-electron chi connectivity index (χ4n) is 4.52. The molecule has 192 valence electrons. The number of amides is 1. The summed E-state index contributed by atoms with van der Waals surface area (Å²) in [5, 5.41) is 12.9. The van der Waals surface area contributed by atoms with Crippen molar-refractivity contribution in [1.29, 1.82) is 0 Å². The third kappa shape index (κ3) is 6.93. The summed E-state index contributed by atoms with van der Waals surface area (Å²) in [6, 6.07) is 11.7. The molecule has 36 heavy (non-hydrogen) atoms. The topological polar surface area (TPSA) is 74.7 Å². The van der Waals surface area contributed by atoms with E-state index >= 15 is 0 Å².